The van der Waals surface area contributed by atoms with Crippen LogP contribution in [0.1, 0.15) is 61.0 Å². The van der Waals surface area contributed by atoms with E-state index in [1.54, 1.807) is 0 Å². The van der Waals surface area contributed by atoms with Gasteiger partial charge >= 0.3 is 6.01 Å². The summed E-state index contributed by atoms with van der Waals surface area (Å²) in [6.07, 6.45) is 3.17. The van der Waals surface area contributed by atoms with Gasteiger partial charge in [0, 0.05) is 48.3 Å². The van der Waals surface area contributed by atoms with Crippen molar-refractivity contribution in [2.45, 2.75) is 75.0 Å². The zero-order valence-corrected chi connectivity index (χ0v) is 28.3. The van der Waals surface area contributed by atoms with Crippen LogP contribution in [0, 0.1) is 23.2 Å². The lowest BCUT2D eigenvalue weighted by Gasteiger charge is -2.42. The van der Waals surface area contributed by atoms with Gasteiger partial charge in [0.1, 0.15) is 12.4 Å². The largest absolute Gasteiger partial charge is 0.461 e. The van der Waals surface area contributed by atoms with E-state index in [9.17, 15) is 23.2 Å². The van der Waals surface area contributed by atoms with Crippen LogP contribution in [0.5, 0.6) is 6.01 Å². The standard InChI is InChI=1S/C34H41ClF3N6O2P/c1-21(36)32(45)44-16-15-42(19-25(44)11-13-39)31-26-10-9-23(8-7-22-5-2-3-6-27(22)35)29(47)28(26)40-33(41-31)46-20-34-12-4-14-43(34)18-24(17-34)30(37)38/h2-3,5-6,23-25,29-30H,1,4,7-12,14-20,47H2. The van der Waals surface area contributed by atoms with Crippen LogP contribution < -0.4 is 9.64 Å². The highest BCUT2D eigenvalue weighted by molar-refractivity contribution is 7.17. The van der Waals surface area contributed by atoms with Crippen molar-refractivity contribution in [3.8, 4) is 12.1 Å². The minimum atomic E-state index is -2.37. The van der Waals surface area contributed by atoms with E-state index in [4.69, 9.17) is 26.3 Å². The highest BCUT2D eigenvalue weighted by atomic mass is 35.5. The SMILES string of the molecule is C=C(F)C(=O)N1CCN(c2nc(OCC34CCCN3CC(C(F)F)C4)nc3c2CCC(CCc2ccccc2Cl)C3P)CC1CC#N. The van der Waals surface area contributed by atoms with E-state index in [0.717, 1.165) is 66.9 Å². The number of benzene rings is 1. The number of rotatable bonds is 10. The van der Waals surface area contributed by atoms with Crippen LogP contribution in [-0.4, -0.2) is 83.0 Å². The molecule has 4 aliphatic rings. The smallest absolute Gasteiger partial charge is 0.318 e. The Morgan fingerprint density at radius 2 is 2.04 bits per heavy atom. The molecule has 1 aromatic heterocycles. The molecule has 8 nitrogen and oxygen atoms in total. The van der Waals surface area contributed by atoms with Gasteiger partial charge in [0.15, 0.2) is 5.83 Å². The van der Waals surface area contributed by atoms with E-state index in [1.165, 1.54) is 4.90 Å². The number of fused-ring (bicyclic) bond motifs is 2. The molecular weight excluding hydrogens is 648 g/mol. The Bertz CT molecular complexity index is 1540. The quantitative estimate of drug-likeness (QED) is 0.219. The minimum Gasteiger partial charge on any atom is -0.461 e. The van der Waals surface area contributed by atoms with Crippen LogP contribution in [0.3, 0.4) is 0 Å². The molecule has 0 spiro atoms. The topological polar surface area (TPSA) is 85.6 Å². The lowest BCUT2D eigenvalue weighted by molar-refractivity contribution is -0.131. The van der Waals surface area contributed by atoms with Gasteiger partial charge in [0.05, 0.1) is 29.8 Å². The van der Waals surface area contributed by atoms with Gasteiger partial charge in [-0.3, -0.25) is 9.69 Å². The Hall–Kier alpha value is -2.93. The highest BCUT2D eigenvalue weighted by Gasteiger charge is 2.51. The number of aromatic nitrogens is 2. The van der Waals surface area contributed by atoms with Crippen LogP contribution in [-0.2, 0) is 17.6 Å². The molecule has 3 fully saturated rings. The second-order valence-electron chi connectivity index (χ2n) is 13.4. The van der Waals surface area contributed by atoms with Crippen LogP contribution in [0.25, 0.3) is 0 Å². The van der Waals surface area contributed by atoms with E-state index in [1.807, 2.05) is 23.1 Å². The van der Waals surface area contributed by atoms with Gasteiger partial charge in [-0.05, 0) is 69.0 Å². The van der Waals surface area contributed by atoms with Gasteiger partial charge in [-0.1, -0.05) is 36.4 Å². The average Bonchev–Trinajstić information content (AvgIpc) is 3.62. The number of hydrogen-bond acceptors (Lipinski definition) is 7. The lowest BCUT2D eigenvalue weighted by atomic mass is 9.82. The molecule has 6 unspecified atom stereocenters. The van der Waals surface area contributed by atoms with Crippen LogP contribution in [0.2, 0.25) is 5.02 Å². The number of halogens is 4. The summed E-state index contributed by atoms with van der Waals surface area (Å²) in [6, 6.07) is 9.67. The zero-order chi connectivity index (χ0) is 33.3. The summed E-state index contributed by atoms with van der Waals surface area (Å²) < 4.78 is 47.7. The van der Waals surface area contributed by atoms with Crippen LogP contribution in [0.4, 0.5) is 19.0 Å². The fourth-order valence-electron chi connectivity index (χ4n) is 8.10. The second-order valence-corrected chi connectivity index (χ2v) is 14.5. The van der Waals surface area contributed by atoms with Crippen molar-refractivity contribution < 1.29 is 22.7 Å². The van der Waals surface area contributed by atoms with Crippen molar-refractivity contribution in [2.75, 3.05) is 44.2 Å². The molecule has 3 saturated heterocycles. The third kappa shape index (κ3) is 6.97. The summed E-state index contributed by atoms with van der Waals surface area (Å²) in [5.41, 5.74) is 2.52. The third-order valence-corrected chi connectivity index (χ3v) is 11.8. The summed E-state index contributed by atoms with van der Waals surface area (Å²) in [6.45, 7) is 5.42. The predicted octanol–water partition coefficient (Wildman–Crippen LogP) is 6.15. The Morgan fingerprint density at radius 1 is 1.23 bits per heavy atom. The first-order valence-corrected chi connectivity index (χ1v) is 17.5. The number of alkyl halides is 2. The number of aryl methyl sites for hydroxylation is 1. The second kappa shape index (κ2) is 14.3. The van der Waals surface area contributed by atoms with E-state index >= 15 is 0 Å². The number of nitrogens with zero attached hydrogens (tertiary/aromatic N) is 6. The van der Waals surface area contributed by atoms with Crippen LogP contribution in [0.15, 0.2) is 36.7 Å². The van der Waals surface area contributed by atoms with Crippen molar-refractivity contribution in [1.82, 2.24) is 19.8 Å². The van der Waals surface area contributed by atoms with Crippen LogP contribution >= 0.6 is 20.8 Å². The molecule has 3 aliphatic heterocycles. The van der Waals surface area contributed by atoms with Gasteiger partial charge in [-0.25, -0.2) is 13.2 Å². The van der Waals surface area contributed by atoms with E-state index < -0.39 is 35.7 Å². The minimum absolute atomic E-state index is 0.00816. The Balaban J connectivity index is 1.29. The molecule has 4 heterocycles. The molecule has 1 aliphatic carbocycles. The van der Waals surface area contributed by atoms with Crippen molar-refractivity contribution >= 4 is 32.6 Å². The first-order valence-electron chi connectivity index (χ1n) is 16.4. The number of amides is 1. The number of anilines is 1. The zero-order valence-electron chi connectivity index (χ0n) is 26.4. The predicted molar refractivity (Wildman–Crippen MR) is 177 cm³/mol. The third-order valence-electron chi connectivity index (χ3n) is 10.6. The van der Waals surface area contributed by atoms with E-state index in [-0.39, 0.29) is 31.2 Å². The molecule has 2 aromatic rings. The summed E-state index contributed by atoms with van der Waals surface area (Å²) in [5, 5.41) is 10.3. The molecule has 0 saturated carbocycles. The Kier molecular flexibility index (Phi) is 10.3. The molecule has 13 heteroatoms. The molecule has 0 bridgehead atoms. The number of carbonyl (C=O) groups is 1. The molecule has 6 atom stereocenters. The van der Waals surface area contributed by atoms with Gasteiger partial charge in [0.2, 0.25) is 6.43 Å². The summed E-state index contributed by atoms with van der Waals surface area (Å²) >= 11 is 6.46. The number of piperazine rings is 1. The first-order chi connectivity index (χ1) is 22.6. The summed E-state index contributed by atoms with van der Waals surface area (Å²) in [5.74, 6) is -1.53. The van der Waals surface area contributed by atoms with Crippen molar-refractivity contribution in [3.05, 3.63) is 58.5 Å². The highest BCUT2D eigenvalue weighted by Crippen LogP contribution is 2.47. The van der Waals surface area contributed by atoms with Crippen molar-refractivity contribution in [3.63, 3.8) is 0 Å². The van der Waals surface area contributed by atoms with Gasteiger partial charge < -0.3 is 14.5 Å². The normalized spacial score (nSPS) is 27.4. The molecule has 6 rings (SSSR count). The maximum absolute atomic E-state index is 13.9. The molecule has 0 N–H and O–H groups in total. The Morgan fingerprint density at radius 3 is 2.79 bits per heavy atom. The first kappa shape index (κ1) is 34.0. The lowest BCUT2D eigenvalue weighted by Crippen LogP contribution is -2.55. The molecule has 0 radical (unpaired) electrons. The van der Waals surface area contributed by atoms with E-state index in [2.05, 4.69) is 32.9 Å². The van der Waals surface area contributed by atoms with Gasteiger partial charge in [0.25, 0.3) is 5.91 Å². The number of carbonyl (C=O) groups excluding carboxylic acids is 1. The van der Waals surface area contributed by atoms with Crippen molar-refractivity contribution in [1.29, 1.82) is 5.26 Å². The number of nitriles is 1. The molecule has 1 aromatic carbocycles. The summed E-state index contributed by atoms with van der Waals surface area (Å²) in [4.78, 5) is 28.0. The van der Waals surface area contributed by atoms with Crippen molar-refractivity contribution in [2.24, 2.45) is 11.8 Å². The fourth-order valence-corrected chi connectivity index (χ4v) is 8.99. The van der Waals surface area contributed by atoms with Gasteiger partial charge in [-0.2, -0.15) is 15.2 Å². The maximum atomic E-state index is 13.9. The summed E-state index contributed by atoms with van der Waals surface area (Å²) in [7, 11) is 2.97. The van der Waals surface area contributed by atoms with E-state index in [0.29, 0.717) is 37.8 Å². The monoisotopic (exact) mass is 688 g/mol. The fraction of sp³-hybridized carbons (Fsp3) is 0.588. The molecule has 252 valence electrons. The number of ether oxygens (including phenoxy) is 1. The number of hydrogen-bond donors (Lipinski definition) is 0. The average molecular weight is 689 g/mol. The molecular formula is C34H41ClF3N6O2P. The maximum Gasteiger partial charge on any atom is 0.318 e. The molecule has 47 heavy (non-hydrogen) atoms. The molecule has 1 amide bonds. The Labute approximate surface area is 281 Å². The van der Waals surface area contributed by atoms with Gasteiger partial charge in [-0.15, -0.1) is 9.24 Å².